The smallest absolute Gasteiger partial charge is 0.266 e. The van der Waals surface area contributed by atoms with E-state index in [1.807, 2.05) is 67.6 Å². The van der Waals surface area contributed by atoms with Crippen molar-refractivity contribution in [3.8, 4) is 17.2 Å². The molecule has 4 rings (SSSR count). The van der Waals surface area contributed by atoms with Crippen LogP contribution < -0.4 is 15.0 Å². The molecule has 0 amide bonds. The first kappa shape index (κ1) is 20.7. The number of para-hydroxylation sites is 2. The zero-order valence-corrected chi connectivity index (χ0v) is 18.0. The Morgan fingerprint density at radius 2 is 1.77 bits per heavy atom. The van der Waals surface area contributed by atoms with Crippen molar-refractivity contribution in [3.05, 3.63) is 93.5 Å². The Kier molecular flexibility index (Phi) is 6.05. The second kappa shape index (κ2) is 9.06. The van der Waals surface area contributed by atoms with Crippen molar-refractivity contribution < 1.29 is 9.47 Å². The van der Waals surface area contributed by atoms with Crippen LogP contribution in [0.4, 0.5) is 0 Å². The van der Waals surface area contributed by atoms with E-state index < -0.39 is 0 Å². The molecule has 5 nitrogen and oxygen atoms in total. The lowest BCUT2D eigenvalue weighted by Gasteiger charge is -2.13. The van der Waals surface area contributed by atoms with Gasteiger partial charge in [-0.1, -0.05) is 48.0 Å². The Labute approximate surface area is 185 Å². The van der Waals surface area contributed by atoms with Crippen LogP contribution in [0.2, 0.25) is 5.02 Å². The van der Waals surface area contributed by atoms with Crippen LogP contribution in [0.25, 0.3) is 28.7 Å². The molecule has 0 aliphatic rings. The van der Waals surface area contributed by atoms with Crippen molar-refractivity contribution in [2.75, 3.05) is 13.7 Å². The van der Waals surface area contributed by atoms with Crippen LogP contribution >= 0.6 is 11.6 Å². The van der Waals surface area contributed by atoms with Gasteiger partial charge in [-0.25, -0.2) is 4.98 Å². The molecule has 0 saturated carbocycles. The van der Waals surface area contributed by atoms with Crippen LogP contribution in [0.1, 0.15) is 18.3 Å². The Morgan fingerprint density at radius 1 is 1.03 bits per heavy atom. The van der Waals surface area contributed by atoms with Gasteiger partial charge < -0.3 is 9.47 Å². The van der Waals surface area contributed by atoms with Crippen LogP contribution in [-0.4, -0.2) is 23.3 Å². The van der Waals surface area contributed by atoms with Gasteiger partial charge in [-0.05, 0) is 55.0 Å². The van der Waals surface area contributed by atoms with E-state index in [1.165, 1.54) is 0 Å². The molecule has 1 heterocycles. The van der Waals surface area contributed by atoms with Crippen molar-refractivity contribution in [1.29, 1.82) is 0 Å². The highest BCUT2D eigenvalue weighted by molar-refractivity contribution is 6.32. The predicted octanol–water partition coefficient (Wildman–Crippen LogP) is 5.62. The number of halogens is 1. The first-order chi connectivity index (χ1) is 15.1. The topological polar surface area (TPSA) is 53.3 Å². The van der Waals surface area contributed by atoms with E-state index >= 15 is 0 Å². The average molecular weight is 433 g/mol. The minimum absolute atomic E-state index is 0.126. The summed E-state index contributed by atoms with van der Waals surface area (Å²) in [4.78, 5) is 18.0. The predicted molar refractivity (Wildman–Crippen MR) is 125 cm³/mol. The Hall–Kier alpha value is -3.57. The molecule has 0 aliphatic heterocycles. The van der Waals surface area contributed by atoms with Crippen molar-refractivity contribution >= 4 is 34.7 Å². The quantitative estimate of drug-likeness (QED) is 0.397. The van der Waals surface area contributed by atoms with Crippen LogP contribution in [0, 0.1) is 0 Å². The van der Waals surface area contributed by atoms with Gasteiger partial charge in [0.05, 0.1) is 35.3 Å². The van der Waals surface area contributed by atoms with E-state index in [9.17, 15) is 4.79 Å². The highest BCUT2D eigenvalue weighted by Gasteiger charge is 2.12. The fourth-order valence-electron chi connectivity index (χ4n) is 3.40. The normalized spacial score (nSPS) is 11.2. The average Bonchev–Trinajstić information content (AvgIpc) is 2.78. The van der Waals surface area contributed by atoms with Crippen molar-refractivity contribution in [2.24, 2.45) is 0 Å². The molecule has 0 aliphatic carbocycles. The number of benzene rings is 3. The lowest BCUT2D eigenvalue weighted by Crippen LogP contribution is -2.22. The number of hydrogen-bond acceptors (Lipinski definition) is 4. The highest BCUT2D eigenvalue weighted by atomic mass is 35.5. The number of aromatic nitrogens is 2. The van der Waals surface area contributed by atoms with Crippen LogP contribution in [-0.2, 0) is 0 Å². The van der Waals surface area contributed by atoms with Gasteiger partial charge in [0.2, 0.25) is 0 Å². The molecule has 0 spiro atoms. The summed E-state index contributed by atoms with van der Waals surface area (Å²) < 4.78 is 12.6. The van der Waals surface area contributed by atoms with Gasteiger partial charge in [0.25, 0.3) is 5.56 Å². The van der Waals surface area contributed by atoms with Gasteiger partial charge in [0.15, 0.2) is 11.5 Å². The monoisotopic (exact) mass is 432 g/mol. The molecule has 0 bridgehead atoms. The molecule has 0 radical (unpaired) electrons. The molecule has 0 saturated heterocycles. The van der Waals surface area contributed by atoms with Gasteiger partial charge >= 0.3 is 0 Å². The summed E-state index contributed by atoms with van der Waals surface area (Å²) in [6, 6.07) is 20.4. The maximum Gasteiger partial charge on any atom is 0.266 e. The summed E-state index contributed by atoms with van der Waals surface area (Å²) in [6.07, 6.45) is 3.65. The molecule has 0 N–H and O–H groups in total. The molecule has 0 unspecified atom stereocenters. The van der Waals surface area contributed by atoms with Gasteiger partial charge in [-0.3, -0.25) is 9.36 Å². The third kappa shape index (κ3) is 4.18. The number of ether oxygens (including phenoxy) is 2. The van der Waals surface area contributed by atoms with E-state index in [0.717, 1.165) is 11.3 Å². The van der Waals surface area contributed by atoms with E-state index in [-0.39, 0.29) is 5.56 Å². The maximum atomic E-state index is 13.3. The number of hydrogen-bond donors (Lipinski definition) is 0. The van der Waals surface area contributed by atoms with E-state index in [0.29, 0.717) is 39.9 Å². The van der Waals surface area contributed by atoms with E-state index in [4.69, 9.17) is 26.1 Å². The minimum atomic E-state index is -0.126. The van der Waals surface area contributed by atoms with Crippen molar-refractivity contribution in [3.63, 3.8) is 0 Å². The van der Waals surface area contributed by atoms with Crippen molar-refractivity contribution in [1.82, 2.24) is 9.55 Å². The summed E-state index contributed by atoms with van der Waals surface area (Å²) in [6.45, 7) is 2.38. The molecule has 31 heavy (non-hydrogen) atoms. The molecule has 1 aromatic heterocycles. The lowest BCUT2D eigenvalue weighted by atomic mass is 10.1. The molecule has 4 aromatic rings. The van der Waals surface area contributed by atoms with Crippen LogP contribution in [0.15, 0.2) is 71.5 Å². The first-order valence-corrected chi connectivity index (χ1v) is 10.3. The summed E-state index contributed by atoms with van der Waals surface area (Å²) in [5.41, 5.74) is 2.06. The Balaban J connectivity index is 1.87. The van der Waals surface area contributed by atoms with E-state index in [2.05, 4.69) is 0 Å². The first-order valence-electron chi connectivity index (χ1n) is 9.88. The number of rotatable bonds is 6. The van der Waals surface area contributed by atoms with Gasteiger partial charge in [0.1, 0.15) is 5.82 Å². The second-order valence-corrected chi connectivity index (χ2v) is 7.17. The number of nitrogens with zero attached hydrogens (tertiary/aromatic N) is 2. The molecular formula is C25H21ClN2O3. The third-order valence-electron chi connectivity index (χ3n) is 4.78. The van der Waals surface area contributed by atoms with Crippen LogP contribution in [0.3, 0.4) is 0 Å². The molecule has 3 aromatic carbocycles. The molecular weight excluding hydrogens is 412 g/mol. The third-order valence-corrected chi connectivity index (χ3v) is 5.06. The molecule has 6 heteroatoms. The van der Waals surface area contributed by atoms with E-state index in [1.54, 1.807) is 29.9 Å². The molecule has 0 fully saturated rings. The minimum Gasteiger partial charge on any atom is -0.491 e. The molecule has 0 atom stereocenters. The number of methoxy groups -OCH3 is 1. The summed E-state index contributed by atoms with van der Waals surface area (Å²) in [5, 5.41) is 1.01. The number of fused-ring (bicyclic) bond motifs is 1. The van der Waals surface area contributed by atoms with Gasteiger partial charge in [0, 0.05) is 0 Å². The zero-order chi connectivity index (χ0) is 21.8. The Bertz CT molecular complexity index is 1310. The lowest BCUT2D eigenvalue weighted by molar-refractivity contribution is 0.311. The van der Waals surface area contributed by atoms with Gasteiger partial charge in [-0.15, -0.1) is 0 Å². The zero-order valence-electron chi connectivity index (χ0n) is 17.2. The molecule has 156 valence electrons. The largest absolute Gasteiger partial charge is 0.491 e. The highest BCUT2D eigenvalue weighted by Crippen LogP contribution is 2.36. The Morgan fingerprint density at radius 3 is 2.52 bits per heavy atom. The standard InChI is InChI=1S/C25H21ClN2O3/c1-3-31-22-16-17(15-20(26)24(22)30-2)13-14-23-27-21-12-8-7-11-19(21)25(29)28(23)18-9-5-4-6-10-18/h4-16H,3H2,1-2H3/b14-13+. The van der Waals surface area contributed by atoms with Crippen LogP contribution in [0.5, 0.6) is 11.5 Å². The van der Waals surface area contributed by atoms with Gasteiger partial charge in [-0.2, -0.15) is 0 Å². The maximum absolute atomic E-state index is 13.3. The summed E-state index contributed by atoms with van der Waals surface area (Å²) in [7, 11) is 1.55. The second-order valence-electron chi connectivity index (χ2n) is 6.76. The fraction of sp³-hybridized carbons (Fsp3) is 0.120. The fourth-order valence-corrected chi connectivity index (χ4v) is 3.70. The van der Waals surface area contributed by atoms with Crippen molar-refractivity contribution in [2.45, 2.75) is 6.92 Å². The summed E-state index contributed by atoms with van der Waals surface area (Å²) >= 11 is 6.37. The summed E-state index contributed by atoms with van der Waals surface area (Å²) in [5.74, 6) is 1.56. The SMILES string of the molecule is CCOc1cc(/C=C/c2nc3ccccc3c(=O)n2-c2ccccc2)cc(Cl)c1OC.